The van der Waals surface area contributed by atoms with Crippen LogP contribution in [0, 0.1) is 0 Å². The van der Waals surface area contributed by atoms with Crippen molar-refractivity contribution in [2.75, 3.05) is 34.4 Å². The van der Waals surface area contributed by atoms with Crippen LogP contribution >= 0.6 is 0 Å². The van der Waals surface area contributed by atoms with Crippen LogP contribution in [0.3, 0.4) is 0 Å². The first-order valence-corrected chi connectivity index (χ1v) is 8.63. The predicted octanol–water partition coefficient (Wildman–Crippen LogP) is 3.44. The number of nitrogens with zero attached hydrogens (tertiary/aromatic N) is 1. The van der Waals surface area contributed by atoms with Gasteiger partial charge in [0.25, 0.3) is 0 Å². The number of carbonyl (C=O) groups excluding carboxylic acids is 1. The molecule has 0 spiro atoms. The molecule has 0 aromatic heterocycles. The zero-order chi connectivity index (χ0) is 17.8. The molecule has 1 aromatic rings. The molecular formula is C20H25NO4. The van der Waals surface area contributed by atoms with Gasteiger partial charge in [-0.25, -0.2) is 0 Å². The Morgan fingerprint density at radius 3 is 1.96 bits per heavy atom. The molecule has 134 valence electrons. The summed E-state index contributed by atoms with van der Waals surface area (Å²) in [5, 5.41) is 0. The lowest BCUT2D eigenvalue weighted by molar-refractivity contribution is -0.126. The van der Waals surface area contributed by atoms with Gasteiger partial charge in [-0.1, -0.05) is 11.1 Å². The Bertz CT molecular complexity index is 679. The highest BCUT2D eigenvalue weighted by molar-refractivity contribution is 5.92. The number of piperidine rings is 1. The van der Waals surface area contributed by atoms with Crippen molar-refractivity contribution >= 4 is 12.0 Å². The highest BCUT2D eigenvalue weighted by Crippen LogP contribution is 2.38. The van der Waals surface area contributed by atoms with E-state index in [1.807, 2.05) is 17.0 Å². The molecule has 1 saturated carbocycles. The molecule has 2 fully saturated rings. The molecule has 2 aliphatic rings. The normalized spacial score (nSPS) is 17.0. The standard InChI is InChI=1S/C20H25NO4/c1-23-17-12-14(13-18(24-2)20(17)25-3)4-7-19(22)21-10-8-16(9-11-21)15-5-6-15/h4,7,12-13H,5-6,8-11H2,1-3H3/b7-4+. The van der Waals surface area contributed by atoms with E-state index in [2.05, 4.69) is 0 Å². The third-order valence-corrected chi connectivity index (χ3v) is 4.78. The van der Waals surface area contributed by atoms with Crippen LogP contribution < -0.4 is 14.2 Å². The Hall–Kier alpha value is -2.43. The summed E-state index contributed by atoms with van der Waals surface area (Å²) in [5.74, 6) is 1.75. The van der Waals surface area contributed by atoms with Crippen LogP contribution in [0.5, 0.6) is 17.2 Å². The molecule has 3 rings (SSSR count). The lowest BCUT2D eigenvalue weighted by Gasteiger charge is -2.27. The topological polar surface area (TPSA) is 48.0 Å². The van der Waals surface area contributed by atoms with Crippen molar-refractivity contribution < 1.29 is 19.0 Å². The van der Waals surface area contributed by atoms with Crippen LogP contribution in [0.1, 0.15) is 31.2 Å². The molecule has 0 bridgehead atoms. The lowest BCUT2D eigenvalue weighted by atomic mass is 10.0. The summed E-state index contributed by atoms with van der Waals surface area (Å²) in [7, 11) is 4.73. The van der Waals surface area contributed by atoms with E-state index in [4.69, 9.17) is 14.2 Å². The lowest BCUT2D eigenvalue weighted by Crippen LogP contribution is -2.35. The van der Waals surface area contributed by atoms with Gasteiger partial charge >= 0.3 is 0 Å². The van der Waals surface area contributed by atoms with E-state index in [0.29, 0.717) is 17.2 Å². The summed E-state index contributed by atoms with van der Waals surface area (Å²) in [4.78, 5) is 14.3. The number of allylic oxidation sites excluding steroid dienone is 1. The largest absolute Gasteiger partial charge is 0.493 e. The minimum absolute atomic E-state index is 0.0496. The molecule has 1 saturated heterocycles. The van der Waals surface area contributed by atoms with Crippen molar-refractivity contribution in [1.82, 2.24) is 4.90 Å². The van der Waals surface area contributed by atoms with E-state index < -0.39 is 0 Å². The number of ether oxygens (including phenoxy) is 3. The number of amides is 1. The smallest absolute Gasteiger partial charge is 0.246 e. The van der Waals surface area contributed by atoms with Gasteiger partial charge in [0.2, 0.25) is 11.7 Å². The van der Waals surface area contributed by atoms with Crippen LogP contribution in [0.2, 0.25) is 0 Å². The molecule has 0 atom stereocenters. The fourth-order valence-electron chi connectivity index (χ4n) is 3.24. The maximum atomic E-state index is 12.4. The fraction of sp³-hybridized carbons (Fsp3) is 0.450. The highest BCUT2D eigenvalue weighted by Gasteiger charge is 2.23. The van der Waals surface area contributed by atoms with E-state index in [9.17, 15) is 4.79 Å². The Kier molecular flexibility index (Phi) is 5.31. The predicted molar refractivity (Wildman–Crippen MR) is 97.2 cm³/mol. The zero-order valence-corrected chi connectivity index (χ0v) is 15.1. The van der Waals surface area contributed by atoms with Crippen LogP contribution in [0.15, 0.2) is 29.4 Å². The highest BCUT2D eigenvalue weighted by atomic mass is 16.5. The number of methoxy groups -OCH3 is 3. The SMILES string of the molecule is COc1cc(/C=C/C(=O)N2CCC(=C3CC3)CC2)cc(OC)c1OC. The molecule has 0 N–H and O–H groups in total. The summed E-state index contributed by atoms with van der Waals surface area (Å²) < 4.78 is 16.0. The molecule has 1 aliphatic carbocycles. The van der Waals surface area contributed by atoms with Gasteiger partial charge in [-0.05, 0) is 49.5 Å². The molecule has 5 heteroatoms. The molecule has 1 aliphatic heterocycles. The molecule has 1 heterocycles. The molecule has 0 radical (unpaired) electrons. The first-order chi connectivity index (χ1) is 12.2. The first kappa shape index (κ1) is 17.4. The van der Waals surface area contributed by atoms with Crippen LogP contribution in [-0.2, 0) is 4.79 Å². The van der Waals surface area contributed by atoms with Gasteiger partial charge in [-0.2, -0.15) is 0 Å². The Morgan fingerprint density at radius 2 is 1.48 bits per heavy atom. The first-order valence-electron chi connectivity index (χ1n) is 8.63. The monoisotopic (exact) mass is 343 g/mol. The van der Waals surface area contributed by atoms with Gasteiger partial charge < -0.3 is 19.1 Å². The van der Waals surface area contributed by atoms with E-state index in [-0.39, 0.29) is 5.91 Å². The van der Waals surface area contributed by atoms with Gasteiger partial charge in [0.1, 0.15) is 0 Å². The van der Waals surface area contributed by atoms with E-state index in [0.717, 1.165) is 31.5 Å². The van der Waals surface area contributed by atoms with Crippen molar-refractivity contribution in [2.24, 2.45) is 0 Å². The van der Waals surface area contributed by atoms with Crippen molar-refractivity contribution in [3.63, 3.8) is 0 Å². The van der Waals surface area contributed by atoms with Crippen LogP contribution in [0.4, 0.5) is 0 Å². The summed E-state index contributed by atoms with van der Waals surface area (Å²) in [6.07, 6.45) is 8.00. The minimum atomic E-state index is 0.0496. The van der Waals surface area contributed by atoms with E-state index in [1.165, 1.54) is 12.8 Å². The van der Waals surface area contributed by atoms with E-state index >= 15 is 0 Å². The van der Waals surface area contributed by atoms with E-state index in [1.54, 1.807) is 44.6 Å². The Morgan fingerprint density at radius 1 is 0.920 bits per heavy atom. The van der Waals surface area contributed by atoms with Gasteiger partial charge in [-0.3, -0.25) is 4.79 Å². The fourth-order valence-corrected chi connectivity index (χ4v) is 3.24. The maximum Gasteiger partial charge on any atom is 0.246 e. The van der Waals surface area contributed by atoms with Crippen LogP contribution in [-0.4, -0.2) is 45.2 Å². The number of rotatable bonds is 5. The summed E-state index contributed by atoms with van der Waals surface area (Å²) in [5.41, 5.74) is 4.04. The number of hydrogen-bond donors (Lipinski definition) is 0. The molecule has 0 unspecified atom stereocenters. The van der Waals surface area contributed by atoms with Crippen molar-refractivity contribution in [2.45, 2.75) is 25.7 Å². The number of likely N-dealkylation sites (tertiary alicyclic amines) is 1. The number of hydrogen-bond acceptors (Lipinski definition) is 4. The zero-order valence-electron chi connectivity index (χ0n) is 15.1. The third kappa shape index (κ3) is 3.98. The molecule has 1 aromatic carbocycles. The second kappa shape index (κ2) is 7.64. The molecular weight excluding hydrogens is 318 g/mol. The summed E-state index contributed by atoms with van der Waals surface area (Å²) >= 11 is 0. The number of benzene rings is 1. The van der Waals surface area contributed by atoms with Crippen molar-refractivity contribution in [1.29, 1.82) is 0 Å². The summed E-state index contributed by atoms with van der Waals surface area (Å²) in [6.45, 7) is 1.63. The summed E-state index contributed by atoms with van der Waals surface area (Å²) in [6, 6.07) is 3.66. The Labute approximate surface area is 148 Å². The van der Waals surface area contributed by atoms with Gasteiger partial charge in [0, 0.05) is 19.2 Å². The maximum absolute atomic E-state index is 12.4. The second-order valence-electron chi connectivity index (χ2n) is 6.32. The van der Waals surface area contributed by atoms with Gasteiger partial charge in [-0.15, -0.1) is 0 Å². The minimum Gasteiger partial charge on any atom is -0.493 e. The van der Waals surface area contributed by atoms with Gasteiger partial charge in [0.05, 0.1) is 21.3 Å². The average molecular weight is 343 g/mol. The average Bonchev–Trinajstić information content (AvgIpc) is 3.50. The molecule has 1 amide bonds. The Balaban J connectivity index is 1.69. The molecule has 25 heavy (non-hydrogen) atoms. The third-order valence-electron chi connectivity index (χ3n) is 4.78. The van der Waals surface area contributed by atoms with Crippen molar-refractivity contribution in [3.8, 4) is 17.2 Å². The van der Waals surface area contributed by atoms with Crippen molar-refractivity contribution in [3.05, 3.63) is 34.9 Å². The quantitative estimate of drug-likeness (QED) is 0.607. The number of carbonyl (C=O) groups is 1. The van der Waals surface area contributed by atoms with Crippen LogP contribution in [0.25, 0.3) is 6.08 Å². The second-order valence-corrected chi connectivity index (χ2v) is 6.32. The molecule has 5 nitrogen and oxygen atoms in total. The van der Waals surface area contributed by atoms with Gasteiger partial charge in [0.15, 0.2) is 11.5 Å².